The maximum atomic E-state index is 6.17. The number of nitrogens with zero attached hydrogens (tertiary/aromatic N) is 2. The van der Waals surface area contributed by atoms with Gasteiger partial charge in [-0.2, -0.15) is 5.10 Å². The zero-order chi connectivity index (χ0) is 20.5. The molecule has 0 aromatic heterocycles. The van der Waals surface area contributed by atoms with Crippen LogP contribution in [-0.2, 0) is 0 Å². The summed E-state index contributed by atoms with van der Waals surface area (Å²) in [7, 11) is 0. The second-order valence-corrected chi connectivity index (χ2v) is 8.75. The monoisotopic (exact) mass is 432 g/mol. The molecule has 2 atom stereocenters. The van der Waals surface area contributed by atoms with E-state index in [0.717, 1.165) is 35.0 Å². The van der Waals surface area contributed by atoms with Gasteiger partial charge in [0.2, 0.25) is 0 Å². The van der Waals surface area contributed by atoms with Gasteiger partial charge in [0.25, 0.3) is 0 Å². The number of para-hydroxylation sites is 1. The molecule has 0 N–H and O–H groups in total. The lowest BCUT2D eigenvalue weighted by atomic mass is 9.77. The van der Waals surface area contributed by atoms with Crippen molar-refractivity contribution < 1.29 is 0 Å². The fourth-order valence-electron chi connectivity index (χ4n) is 4.55. The number of hydrogen-bond donors (Lipinski definition) is 0. The number of allylic oxidation sites excluding steroid dienone is 1. The Bertz CT molecular complexity index is 1090. The summed E-state index contributed by atoms with van der Waals surface area (Å²) in [4.78, 5) is 0. The summed E-state index contributed by atoms with van der Waals surface area (Å²) in [5.74, 6) is 0.360. The highest BCUT2D eigenvalue weighted by atomic mass is 35.5. The highest BCUT2D eigenvalue weighted by Gasteiger charge is 2.41. The average Bonchev–Trinajstić information content (AvgIpc) is 3.17. The second-order valence-electron chi connectivity index (χ2n) is 7.88. The molecule has 3 aromatic carbocycles. The minimum Gasteiger partial charge on any atom is -0.257 e. The Morgan fingerprint density at radius 2 is 1.50 bits per heavy atom. The molecule has 0 spiro atoms. The minimum absolute atomic E-state index is 0.175. The topological polar surface area (TPSA) is 15.6 Å². The quantitative estimate of drug-likeness (QED) is 0.412. The Hall–Kier alpha value is -2.55. The van der Waals surface area contributed by atoms with Gasteiger partial charge in [0, 0.05) is 16.0 Å². The van der Waals surface area contributed by atoms with Crippen LogP contribution in [0.25, 0.3) is 6.08 Å². The van der Waals surface area contributed by atoms with Gasteiger partial charge >= 0.3 is 0 Å². The van der Waals surface area contributed by atoms with E-state index in [2.05, 4.69) is 59.6 Å². The summed E-state index contributed by atoms with van der Waals surface area (Å²) in [5.41, 5.74) is 6.06. The van der Waals surface area contributed by atoms with Crippen LogP contribution in [0.3, 0.4) is 0 Å². The smallest absolute Gasteiger partial charge is 0.0859 e. The molecule has 1 aliphatic carbocycles. The van der Waals surface area contributed by atoms with E-state index in [1.165, 1.54) is 22.4 Å². The maximum Gasteiger partial charge on any atom is 0.0859 e. The summed E-state index contributed by atoms with van der Waals surface area (Å²) in [6, 6.07) is 26.9. The van der Waals surface area contributed by atoms with Crippen molar-refractivity contribution in [1.82, 2.24) is 0 Å². The standard InChI is InChI=1S/C26H22Cl2N2/c27-21-13-9-18(10-14-21)17-20-5-4-8-24-25(20)29-30(23-6-2-1-3-7-23)26(24)19-11-15-22(28)16-12-19/h1-3,6-7,9-17,24,26H,4-5,8H2/t24-,26-/m1/s1. The molecule has 0 amide bonds. The first-order valence-electron chi connectivity index (χ1n) is 10.3. The van der Waals surface area contributed by atoms with E-state index >= 15 is 0 Å². The Morgan fingerprint density at radius 3 is 2.20 bits per heavy atom. The molecule has 0 unspecified atom stereocenters. The van der Waals surface area contributed by atoms with Crippen molar-refractivity contribution >= 4 is 40.7 Å². The number of anilines is 1. The molecule has 2 nitrogen and oxygen atoms in total. The van der Waals surface area contributed by atoms with Crippen molar-refractivity contribution in [3.63, 3.8) is 0 Å². The van der Waals surface area contributed by atoms with Crippen LogP contribution < -0.4 is 5.01 Å². The van der Waals surface area contributed by atoms with E-state index in [0.29, 0.717) is 5.92 Å². The van der Waals surface area contributed by atoms with Gasteiger partial charge in [0.05, 0.1) is 17.4 Å². The zero-order valence-electron chi connectivity index (χ0n) is 16.5. The van der Waals surface area contributed by atoms with E-state index in [9.17, 15) is 0 Å². The summed E-state index contributed by atoms with van der Waals surface area (Å²) >= 11 is 12.2. The van der Waals surface area contributed by atoms with Gasteiger partial charge in [0.15, 0.2) is 0 Å². The first-order valence-corrected chi connectivity index (χ1v) is 11.1. The van der Waals surface area contributed by atoms with Crippen LogP contribution in [0.4, 0.5) is 5.69 Å². The van der Waals surface area contributed by atoms with Crippen LogP contribution in [0.1, 0.15) is 36.4 Å². The van der Waals surface area contributed by atoms with Gasteiger partial charge in [-0.15, -0.1) is 0 Å². The predicted molar refractivity (Wildman–Crippen MR) is 127 cm³/mol. The third-order valence-electron chi connectivity index (χ3n) is 5.94. The molecular weight excluding hydrogens is 411 g/mol. The molecule has 5 rings (SSSR count). The first kappa shape index (κ1) is 19.4. The average molecular weight is 433 g/mol. The second kappa shape index (κ2) is 8.29. The largest absolute Gasteiger partial charge is 0.257 e. The molecule has 1 aliphatic heterocycles. The van der Waals surface area contributed by atoms with E-state index in [1.807, 2.05) is 30.3 Å². The molecule has 2 aliphatic rings. The lowest BCUT2D eigenvalue weighted by Crippen LogP contribution is -2.28. The molecule has 1 saturated carbocycles. The third kappa shape index (κ3) is 3.78. The Balaban J connectivity index is 1.58. The Labute approximate surface area is 187 Å². The van der Waals surface area contributed by atoms with Gasteiger partial charge in [0.1, 0.15) is 0 Å². The molecule has 0 radical (unpaired) electrons. The van der Waals surface area contributed by atoms with Crippen LogP contribution >= 0.6 is 23.2 Å². The SMILES string of the molecule is Clc1ccc(C=C2CCC[C@@H]3C2=NN(c2ccccc2)[C@@H]3c2ccc(Cl)cc2)cc1. The number of hydrogen-bond acceptors (Lipinski definition) is 2. The van der Waals surface area contributed by atoms with Gasteiger partial charge in [-0.25, -0.2) is 0 Å². The van der Waals surface area contributed by atoms with Crippen molar-refractivity contribution in [1.29, 1.82) is 0 Å². The van der Waals surface area contributed by atoms with Gasteiger partial charge in [-0.05, 0) is 78.4 Å². The van der Waals surface area contributed by atoms with E-state index < -0.39 is 0 Å². The normalized spacial score (nSPS) is 22.1. The zero-order valence-corrected chi connectivity index (χ0v) is 18.0. The van der Waals surface area contributed by atoms with Crippen LogP contribution in [0.15, 0.2) is 89.5 Å². The highest BCUT2D eigenvalue weighted by molar-refractivity contribution is 6.30. The molecule has 30 heavy (non-hydrogen) atoms. The van der Waals surface area contributed by atoms with E-state index in [1.54, 1.807) is 0 Å². The lowest BCUT2D eigenvalue weighted by Gasteiger charge is -2.30. The van der Waals surface area contributed by atoms with E-state index in [4.69, 9.17) is 28.3 Å². The van der Waals surface area contributed by atoms with Crippen molar-refractivity contribution in [3.8, 4) is 0 Å². The number of benzene rings is 3. The maximum absolute atomic E-state index is 6.17. The molecule has 0 saturated heterocycles. The highest BCUT2D eigenvalue weighted by Crippen LogP contribution is 2.46. The van der Waals surface area contributed by atoms with Gasteiger partial charge in [-0.3, -0.25) is 5.01 Å². The number of rotatable bonds is 3. The first-order chi connectivity index (χ1) is 14.7. The number of hydrazone groups is 1. The number of halogens is 2. The lowest BCUT2D eigenvalue weighted by molar-refractivity contribution is 0.488. The Kier molecular flexibility index (Phi) is 5.37. The fraction of sp³-hybridized carbons (Fsp3) is 0.192. The van der Waals surface area contributed by atoms with Crippen molar-refractivity contribution in [2.45, 2.75) is 25.3 Å². The summed E-state index contributed by atoms with van der Waals surface area (Å²) in [6.45, 7) is 0. The molecule has 4 heteroatoms. The number of fused-ring (bicyclic) bond motifs is 1. The summed E-state index contributed by atoms with van der Waals surface area (Å²) in [5, 5.41) is 8.90. The minimum atomic E-state index is 0.175. The summed E-state index contributed by atoms with van der Waals surface area (Å²) < 4.78 is 0. The molecule has 1 fully saturated rings. The van der Waals surface area contributed by atoms with Crippen molar-refractivity contribution in [2.24, 2.45) is 11.0 Å². The van der Waals surface area contributed by atoms with Crippen LogP contribution in [0.2, 0.25) is 10.0 Å². The van der Waals surface area contributed by atoms with E-state index in [-0.39, 0.29) is 6.04 Å². The van der Waals surface area contributed by atoms with Crippen LogP contribution in [-0.4, -0.2) is 5.71 Å². The molecule has 150 valence electrons. The predicted octanol–water partition coefficient (Wildman–Crippen LogP) is 7.79. The van der Waals surface area contributed by atoms with Crippen molar-refractivity contribution in [2.75, 3.05) is 5.01 Å². The molecule has 3 aromatic rings. The molecular formula is C26H22Cl2N2. The van der Waals surface area contributed by atoms with Gasteiger partial charge < -0.3 is 0 Å². The molecule has 1 heterocycles. The third-order valence-corrected chi connectivity index (χ3v) is 6.45. The van der Waals surface area contributed by atoms with Gasteiger partial charge in [-0.1, -0.05) is 65.7 Å². The fourth-order valence-corrected chi connectivity index (χ4v) is 4.80. The van der Waals surface area contributed by atoms with Crippen LogP contribution in [0, 0.1) is 5.92 Å². The van der Waals surface area contributed by atoms with Crippen molar-refractivity contribution in [3.05, 3.63) is 106 Å². The van der Waals surface area contributed by atoms with Crippen LogP contribution in [0.5, 0.6) is 0 Å². The summed E-state index contributed by atoms with van der Waals surface area (Å²) in [6.07, 6.45) is 5.62. The molecule has 0 bridgehead atoms. The Morgan fingerprint density at radius 1 is 0.833 bits per heavy atom.